The van der Waals surface area contributed by atoms with Crippen LogP contribution in [0, 0.1) is 0 Å². The Labute approximate surface area is 152 Å². The number of piperazine rings is 1. The Morgan fingerprint density at radius 1 is 1.00 bits per heavy atom. The lowest BCUT2D eigenvalue weighted by atomic mass is 10.2. The van der Waals surface area contributed by atoms with E-state index in [-0.39, 0.29) is 0 Å². The minimum absolute atomic E-state index is 0.993. The number of nitrogens with one attached hydrogen (secondary N) is 1. The van der Waals surface area contributed by atoms with E-state index in [0.29, 0.717) is 0 Å². The fourth-order valence-corrected chi connectivity index (χ4v) is 3.23. The van der Waals surface area contributed by atoms with Gasteiger partial charge in [-0.05, 0) is 27.6 Å². The first-order valence-electron chi connectivity index (χ1n) is 8.38. The molecule has 0 aliphatic carbocycles. The zero-order chi connectivity index (χ0) is 16.6. The minimum atomic E-state index is 0.993. The van der Waals surface area contributed by atoms with Crippen molar-refractivity contribution in [2.45, 2.75) is 6.54 Å². The highest BCUT2D eigenvalue weighted by Gasteiger charge is 2.18. The molecule has 1 fully saturated rings. The van der Waals surface area contributed by atoms with Gasteiger partial charge in [0.05, 0.1) is 32.4 Å². The van der Waals surface area contributed by atoms with Crippen molar-refractivity contribution in [2.24, 2.45) is 5.10 Å². The first-order chi connectivity index (χ1) is 11.8. The van der Waals surface area contributed by atoms with Crippen LogP contribution in [0.1, 0.15) is 11.1 Å². The highest BCUT2D eigenvalue weighted by molar-refractivity contribution is 9.12. The normalized spacial score (nSPS) is 16.7. The first-order valence-corrected chi connectivity index (χ1v) is 9.17. The summed E-state index contributed by atoms with van der Waals surface area (Å²) in [4.78, 5) is 1.63. The Bertz CT molecular complexity index is 675. The van der Waals surface area contributed by atoms with Gasteiger partial charge in [0.25, 0.3) is 0 Å². The van der Waals surface area contributed by atoms with Crippen LogP contribution in [0.15, 0.2) is 70.2 Å². The zero-order valence-corrected chi connectivity index (χ0v) is 15.3. The van der Waals surface area contributed by atoms with Crippen molar-refractivity contribution in [3.63, 3.8) is 0 Å². The van der Waals surface area contributed by atoms with Crippen LogP contribution in [-0.2, 0) is 6.54 Å². The second-order valence-electron chi connectivity index (χ2n) is 6.05. The van der Waals surface area contributed by atoms with Gasteiger partial charge in [-0.1, -0.05) is 60.7 Å². The number of halogens is 1. The van der Waals surface area contributed by atoms with Crippen molar-refractivity contribution in [1.29, 1.82) is 0 Å². The van der Waals surface area contributed by atoms with Crippen LogP contribution >= 0.6 is 15.9 Å². The van der Waals surface area contributed by atoms with Crippen molar-refractivity contribution >= 4 is 28.2 Å². The van der Waals surface area contributed by atoms with E-state index >= 15 is 0 Å². The fraction of sp³-hybridized carbons (Fsp3) is 0.250. The summed E-state index contributed by atoms with van der Waals surface area (Å²) >= 11 is 3.58. The number of rotatable bonds is 5. The molecule has 1 aliphatic heterocycles. The van der Waals surface area contributed by atoms with Gasteiger partial charge < -0.3 is 4.90 Å². The molecular formula is C20H23BrN3+. The fourth-order valence-electron chi connectivity index (χ4n) is 2.87. The summed E-state index contributed by atoms with van der Waals surface area (Å²) in [5.41, 5.74) is 2.59. The van der Waals surface area contributed by atoms with Gasteiger partial charge in [0.15, 0.2) is 0 Å². The monoisotopic (exact) mass is 384 g/mol. The molecule has 1 N–H and O–H groups in total. The van der Waals surface area contributed by atoms with Crippen molar-refractivity contribution in [3.05, 3.63) is 76.3 Å². The number of hydrogen-bond acceptors (Lipinski definition) is 2. The van der Waals surface area contributed by atoms with Gasteiger partial charge in [0.1, 0.15) is 6.54 Å². The lowest BCUT2D eigenvalue weighted by molar-refractivity contribution is -0.918. The summed E-state index contributed by atoms with van der Waals surface area (Å²) in [7, 11) is 0. The van der Waals surface area contributed by atoms with Crippen LogP contribution in [0.25, 0.3) is 6.08 Å². The van der Waals surface area contributed by atoms with Gasteiger partial charge in [0.2, 0.25) is 0 Å². The van der Waals surface area contributed by atoms with Gasteiger partial charge in [-0.3, -0.25) is 5.01 Å². The number of quaternary nitrogens is 1. The number of hydrazone groups is 1. The molecule has 124 valence electrons. The Morgan fingerprint density at radius 2 is 1.62 bits per heavy atom. The van der Waals surface area contributed by atoms with Crippen LogP contribution in [0.2, 0.25) is 0 Å². The van der Waals surface area contributed by atoms with E-state index in [9.17, 15) is 0 Å². The van der Waals surface area contributed by atoms with E-state index in [1.54, 1.807) is 4.90 Å². The molecule has 0 unspecified atom stereocenters. The minimum Gasteiger partial charge on any atom is -0.328 e. The maximum absolute atomic E-state index is 4.60. The summed E-state index contributed by atoms with van der Waals surface area (Å²) in [6.45, 7) is 5.38. The van der Waals surface area contributed by atoms with Crippen LogP contribution in [0.4, 0.5) is 0 Å². The summed E-state index contributed by atoms with van der Waals surface area (Å²) in [5, 5.41) is 6.76. The molecular weight excluding hydrogens is 362 g/mol. The molecule has 2 aromatic rings. The summed E-state index contributed by atoms with van der Waals surface area (Å²) in [6, 6.07) is 21.0. The highest BCUT2D eigenvalue weighted by atomic mass is 79.9. The van der Waals surface area contributed by atoms with E-state index < -0.39 is 0 Å². The second kappa shape index (κ2) is 8.81. The molecule has 3 nitrogen and oxygen atoms in total. The van der Waals surface area contributed by atoms with E-state index in [0.717, 1.165) is 37.2 Å². The predicted molar refractivity (Wildman–Crippen MR) is 104 cm³/mol. The predicted octanol–water partition coefficient (Wildman–Crippen LogP) is 2.81. The quantitative estimate of drug-likeness (QED) is 0.785. The average molecular weight is 385 g/mol. The Morgan fingerprint density at radius 3 is 2.29 bits per heavy atom. The second-order valence-corrected chi connectivity index (χ2v) is 6.97. The van der Waals surface area contributed by atoms with Gasteiger partial charge >= 0.3 is 0 Å². The maximum Gasteiger partial charge on any atom is 0.103 e. The third kappa shape index (κ3) is 5.32. The molecule has 24 heavy (non-hydrogen) atoms. The summed E-state index contributed by atoms with van der Waals surface area (Å²) < 4.78 is 0.993. The molecule has 4 heteroatoms. The van der Waals surface area contributed by atoms with Crippen LogP contribution in [0.3, 0.4) is 0 Å². The average Bonchev–Trinajstić information content (AvgIpc) is 2.63. The highest BCUT2D eigenvalue weighted by Crippen LogP contribution is 2.10. The molecule has 2 aromatic carbocycles. The Balaban J connectivity index is 1.47. The zero-order valence-electron chi connectivity index (χ0n) is 13.7. The molecule has 0 bridgehead atoms. The number of nitrogens with zero attached hydrogens (tertiary/aromatic N) is 2. The van der Waals surface area contributed by atoms with Crippen LogP contribution in [0.5, 0.6) is 0 Å². The van der Waals surface area contributed by atoms with Crippen LogP contribution < -0.4 is 4.90 Å². The van der Waals surface area contributed by atoms with Gasteiger partial charge in [-0.15, -0.1) is 0 Å². The van der Waals surface area contributed by atoms with E-state index in [1.165, 1.54) is 11.1 Å². The number of allylic oxidation sites excluding steroid dienone is 1. The third-order valence-corrected chi connectivity index (χ3v) is 4.63. The van der Waals surface area contributed by atoms with Gasteiger partial charge in [0, 0.05) is 10.0 Å². The first kappa shape index (κ1) is 16.9. The molecule has 1 heterocycles. The molecule has 0 spiro atoms. The smallest absolute Gasteiger partial charge is 0.103 e. The third-order valence-electron chi connectivity index (χ3n) is 4.19. The molecule has 1 aliphatic rings. The van der Waals surface area contributed by atoms with Crippen LogP contribution in [-0.4, -0.2) is 37.4 Å². The Hall–Kier alpha value is -1.91. The molecule has 0 atom stereocenters. The summed E-state index contributed by atoms with van der Waals surface area (Å²) in [6.07, 6.45) is 3.98. The lowest BCUT2D eigenvalue weighted by Gasteiger charge is -2.30. The van der Waals surface area contributed by atoms with Gasteiger partial charge in [-0.25, -0.2) is 0 Å². The molecule has 1 saturated heterocycles. The molecule has 3 rings (SSSR count). The standard InChI is InChI=1S/C20H22BrN3/c21-20(15-18-7-3-1-4-8-18)16-22-24-13-11-23(12-14-24)17-19-9-5-2-6-10-19/h1-10,15-16H,11-14,17H2/p+1/b20-15-,22-16+. The van der Waals surface area contributed by atoms with E-state index in [1.807, 2.05) is 24.4 Å². The largest absolute Gasteiger partial charge is 0.328 e. The summed E-state index contributed by atoms with van der Waals surface area (Å²) in [5.74, 6) is 0. The Kier molecular flexibility index (Phi) is 6.21. The van der Waals surface area contributed by atoms with Gasteiger partial charge in [-0.2, -0.15) is 5.10 Å². The lowest BCUT2D eigenvalue weighted by Crippen LogP contribution is -3.13. The van der Waals surface area contributed by atoms with Crippen molar-refractivity contribution in [1.82, 2.24) is 5.01 Å². The van der Waals surface area contributed by atoms with Crippen molar-refractivity contribution < 1.29 is 4.90 Å². The molecule has 0 amide bonds. The maximum atomic E-state index is 4.60. The topological polar surface area (TPSA) is 20.0 Å². The van der Waals surface area contributed by atoms with E-state index in [2.05, 4.69) is 74.6 Å². The molecule has 0 aromatic heterocycles. The van der Waals surface area contributed by atoms with Crippen molar-refractivity contribution in [2.75, 3.05) is 26.2 Å². The molecule has 0 saturated carbocycles. The molecule has 0 radical (unpaired) electrons. The SMILES string of the molecule is BrC(=C\c1ccccc1)/C=N/N1CC[NH+](Cc2ccccc2)CC1. The van der Waals surface area contributed by atoms with E-state index in [4.69, 9.17) is 0 Å². The number of hydrogen-bond donors (Lipinski definition) is 1. The van der Waals surface area contributed by atoms with Crippen molar-refractivity contribution in [3.8, 4) is 0 Å². The number of benzene rings is 2.